The standard InChI is InChI=1S/C11H9F3N2O/c1-6-8(10-15-7(2)16-17-10)4-3-5-9(6)11(12,13)14/h3-5H,1-2H3. The van der Waals surface area contributed by atoms with Gasteiger partial charge in [0.1, 0.15) is 0 Å². The van der Waals surface area contributed by atoms with Gasteiger partial charge < -0.3 is 4.52 Å². The van der Waals surface area contributed by atoms with E-state index in [4.69, 9.17) is 4.52 Å². The zero-order chi connectivity index (χ0) is 12.6. The highest BCUT2D eigenvalue weighted by Crippen LogP contribution is 2.35. The van der Waals surface area contributed by atoms with Crippen molar-refractivity contribution in [3.63, 3.8) is 0 Å². The first-order chi connectivity index (χ1) is 7.89. The van der Waals surface area contributed by atoms with Crippen LogP contribution in [0.4, 0.5) is 13.2 Å². The van der Waals surface area contributed by atoms with E-state index in [1.807, 2.05) is 0 Å². The van der Waals surface area contributed by atoms with Gasteiger partial charge in [0.25, 0.3) is 5.89 Å². The Kier molecular flexibility index (Phi) is 2.65. The molecule has 6 heteroatoms. The Bertz CT molecular complexity index is 546. The van der Waals surface area contributed by atoms with Crippen molar-refractivity contribution in [2.75, 3.05) is 0 Å². The van der Waals surface area contributed by atoms with Crippen molar-refractivity contribution in [1.82, 2.24) is 10.1 Å². The highest BCUT2D eigenvalue weighted by molar-refractivity contribution is 5.60. The zero-order valence-corrected chi connectivity index (χ0v) is 9.17. The lowest BCUT2D eigenvalue weighted by molar-refractivity contribution is -0.138. The van der Waals surface area contributed by atoms with Gasteiger partial charge in [-0.05, 0) is 31.5 Å². The van der Waals surface area contributed by atoms with Crippen molar-refractivity contribution in [1.29, 1.82) is 0 Å². The van der Waals surface area contributed by atoms with Crippen LogP contribution >= 0.6 is 0 Å². The molecule has 3 nitrogen and oxygen atoms in total. The molecule has 1 aromatic carbocycles. The van der Waals surface area contributed by atoms with Crippen molar-refractivity contribution in [2.24, 2.45) is 0 Å². The summed E-state index contributed by atoms with van der Waals surface area (Å²) in [6.45, 7) is 2.99. The fraction of sp³-hybridized carbons (Fsp3) is 0.273. The molecule has 0 amide bonds. The third-order valence-corrected chi connectivity index (χ3v) is 2.40. The van der Waals surface area contributed by atoms with Gasteiger partial charge in [0.2, 0.25) is 0 Å². The number of aromatic nitrogens is 2. The van der Waals surface area contributed by atoms with E-state index in [0.717, 1.165) is 6.07 Å². The Hall–Kier alpha value is -1.85. The van der Waals surface area contributed by atoms with Gasteiger partial charge in [0.05, 0.1) is 5.56 Å². The highest BCUT2D eigenvalue weighted by Gasteiger charge is 2.33. The molecule has 0 bridgehead atoms. The van der Waals surface area contributed by atoms with Crippen LogP contribution in [0, 0.1) is 13.8 Å². The number of halogens is 3. The Morgan fingerprint density at radius 3 is 2.41 bits per heavy atom. The van der Waals surface area contributed by atoms with Crippen LogP contribution in [0.15, 0.2) is 22.7 Å². The number of hydrogen-bond donors (Lipinski definition) is 0. The molecule has 0 radical (unpaired) electrons. The Labute approximate surface area is 95.3 Å². The number of nitrogens with zero attached hydrogens (tertiary/aromatic N) is 2. The third kappa shape index (κ3) is 2.15. The van der Waals surface area contributed by atoms with Gasteiger partial charge in [-0.25, -0.2) is 0 Å². The van der Waals surface area contributed by atoms with Crippen LogP contribution in [0.2, 0.25) is 0 Å². The first-order valence-corrected chi connectivity index (χ1v) is 4.87. The summed E-state index contributed by atoms with van der Waals surface area (Å²) in [5.41, 5.74) is -0.296. The largest absolute Gasteiger partial charge is 0.416 e. The highest BCUT2D eigenvalue weighted by atomic mass is 19.4. The van der Waals surface area contributed by atoms with Crippen LogP contribution in [0.5, 0.6) is 0 Å². The van der Waals surface area contributed by atoms with Gasteiger partial charge in [0.15, 0.2) is 5.82 Å². The summed E-state index contributed by atoms with van der Waals surface area (Å²) < 4.78 is 42.9. The normalized spacial score (nSPS) is 11.8. The monoisotopic (exact) mass is 242 g/mol. The second-order valence-electron chi connectivity index (χ2n) is 3.62. The molecule has 0 fully saturated rings. The average Bonchev–Trinajstić information content (AvgIpc) is 2.63. The molecule has 1 heterocycles. The summed E-state index contributed by atoms with van der Waals surface area (Å²) in [7, 11) is 0. The molecule has 1 aromatic heterocycles. The fourth-order valence-corrected chi connectivity index (χ4v) is 1.58. The van der Waals surface area contributed by atoms with E-state index >= 15 is 0 Å². The molecule has 0 N–H and O–H groups in total. The molecule has 0 unspecified atom stereocenters. The number of hydrogen-bond acceptors (Lipinski definition) is 3. The van der Waals surface area contributed by atoms with Crippen LogP contribution < -0.4 is 0 Å². The lowest BCUT2D eigenvalue weighted by Gasteiger charge is -2.11. The molecule has 2 rings (SSSR count). The molecular weight excluding hydrogens is 233 g/mol. The summed E-state index contributed by atoms with van der Waals surface area (Å²) in [6, 6.07) is 3.88. The van der Waals surface area contributed by atoms with E-state index in [2.05, 4.69) is 10.1 Å². The predicted molar refractivity (Wildman–Crippen MR) is 54.2 cm³/mol. The van der Waals surface area contributed by atoms with Crippen LogP contribution in [0.3, 0.4) is 0 Å². The lowest BCUT2D eigenvalue weighted by atomic mass is 10.0. The second kappa shape index (κ2) is 3.87. The lowest BCUT2D eigenvalue weighted by Crippen LogP contribution is -2.08. The van der Waals surface area contributed by atoms with Gasteiger partial charge >= 0.3 is 6.18 Å². The molecule has 2 aromatic rings. The summed E-state index contributed by atoms with van der Waals surface area (Å²) in [5.74, 6) is 0.489. The molecule has 90 valence electrons. The minimum Gasteiger partial charge on any atom is -0.334 e. The second-order valence-corrected chi connectivity index (χ2v) is 3.62. The van der Waals surface area contributed by atoms with Gasteiger partial charge in [-0.15, -0.1) is 0 Å². The molecule has 17 heavy (non-hydrogen) atoms. The molecule has 0 aliphatic heterocycles. The smallest absolute Gasteiger partial charge is 0.334 e. The topological polar surface area (TPSA) is 38.9 Å². The minimum absolute atomic E-state index is 0.0867. The summed E-state index contributed by atoms with van der Waals surface area (Å²) in [6.07, 6.45) is -4.38. The number of aryl methyl sites for hydroxylation is 1. The number of benzene rings is 1. The number of alkyl halides is 3. The maximum atomic E-state index is 12.7. The Morgan fingerprint density at radius 2 is 1.88 bits per heavy atom. The summed E-state index contributed by atoms with van der Waals surface area (Å²) in [5, 5.41) is 3.56. The van der Waals surface area contributed by atoms with Gasteiger partial charge in [-0.1, -0.05) is 11.2 Å². The fourth-order valence-electron chi connectivity index (χ4n) is 1.58. The molecule has 0 atom stereocenters. The van der Waals surface area contributed by atoms with Gasteiger partial charge in [-0.2, -0.15) is 18.2 Å². The van der Waals surface area contributed by atoms with Crippen LogP contribution in [-0.2, 0) is 6.18 Å². The third-order valence-electron chi connectivity index (χ3n) is 2.40. The van der Waals surface area contributed by atoms with Crippen molar-refractivity contribution in [3.05, 3.63) is 35.2 Å². The first-order valence-electron chi connectivity index (χ1n) is 4.87. The Balaban J connectivity index is 2.57. The quantitative estimate of drug-likeness (QED) is 0.769. The number of rotatable bonds is 1. The predicted octanol–water partition coefficient (Wildman–Crippen LogP) is 3.37. The maximum Gasteiger partial charge on any atom is 0.416 e. The Morgan fingerprint density at radius 1 is 1.18 bits per heavy atom. The minimum atomic E-state index is -4.38. The van der Waals surface area contributed by atoms with E-state index in [9.17, 15) is 13.2 Å². The maximum absolute atomic E-state index is 12.7. The van der Waals surface area contributed by atoms with Crippen molar-refractivity contribution in [2.45, 2.75) is 20.0 Å². The average molecular weight is 242 g/mol. The van der Waals surface area contributed by atoms with Crippen LogP contribution in [-0.4, -0.2) is 10.1 Å². The van der Waals surface area contributed by atoms with E-state index in [0.29, 0.717) is 11.4 Å². The molecule has 0 saturated heterocycles. The van der Waals surface area contributed by atoms with Gasteiger partial charge in [-0.3, -0.25) is 0 Å². The SMILES string of the molecule is Cc1noc(-c2cccc(C(F)(F)F)c2C)n1. The van der Waals surface area contributed by atoms with E-state index in [-0.39, 0.29) is 11.5 Å². The molecule has 0 aliphatic carbocycles. The summed E-state index contributed by atoms with van der Waals surface area (Å²) >= 11 is 0. The van der Waals surface area contributed by atoms with Crippen molar-refractivity contribution in [3.8, 4) is 11.5 Å². The molecule has 0 spiro atoms. The van der Waals surface area contributed by atoms with Crippen molar-refractivity contribution < 1.29 is 17.7 Å². The molecule has 0 saturated carbocycles. The van der Waals surface area contributed by atoms with Crippen LogP contribution in [0.25, 0.3) is 11.5 Å². The summed E-state index contributed by atoms with van der Waals surface area (Å²) in [4.78, 5) is 3.92. The van der Waals surface area contributed by atoms with Crippen molar-refractivity contribution >= 4 is 0 Å². The molecule has 0 aliphatic rings. The van der Waals surface area contributed by atoms with Crippen LogP contribution in [0.1, 0.15) is 17.0 Å². The zero-order valence-electron chi connectivity index (χ0n) is 9.17. The van der Waals surface area contributed by atoms with Gasteiger partial charge in [0, 0.05) is 5.56 Å². The molecular formula is C11H9F3N2O. The van der Waals surface area contributed by atoms with E-state index in [1.165, 1.54) is 19.1 Å². The van der Waals surface area contributed by atoms with E-state index < -0.39 is 11.7 Å². The van der Waals surface area contributed by atoms with E-state index in [1.54, 1.807) is 6.92 Å². The first kappa shape index (κ1) is 11.6.